The fourth-order valence-corrected chi connectivity index (χ4v) is 3.21. The molecule has 0 amide bonds. The summed E-state index contributed by atoms with van der Waals surface area (Å²) in [5, 5.41) is 7.59. The molecule has 1 aromatic heterocycles. The van der Waals surface area contributed by atoms with Gasteiger partial charge in [0.2, 0.25) is 0 Å². The van der Waals surface area contributed by atoms with Gasteiger partial charge >= 0.3 is 0 Å². The molecule has 3 nitrogen and oxygen atoms in total. The van der Waals surface area contributed by atoms with Crippen LogP contribution >= 0.6 is 11.6 Å². The van der Waals surface area contributed by atoms with E-state index in [2.05, 4.69) is 10.2 Å². The summed E-state index contributed by atoms with van der Waals surface area (Å²) in [4.78, 5) is 0.806. The van der Waals surface area contributed by atoms with E-state index in [1.54, 1.807) is 0 Å². The Kier molecular flexibility index (Phi) is 3.76. The molecule has 0 aliphatic heterocycles. The van der Waals surface area contributed by atoms with Gasteiger partial charge in [-0.3, -0.25) is 5.10 Å². The predicted molar refractivity (Wildman–Crippen MR) is 69.6 cm³/mol. The van der Waals surface area contributed by atoms with E-state index in [0.717, 1.165) is 21.8 Å². The second-order valence-electron chi connectivity index (χ2n) is 3.88. The van der Waals surface area contributed by atoms with Gasteiger partial charge in [0.25, 0.3) is 0 Å². The molecule has 2 aromatic rings. The minimum atomic E-state index is -1.07. The Bertz CT molecular complexity index is 490. The molecule has 0 saturated carbocycles. The SMILES string of the molecule is Cc1n[nH]c(C)c1[S+]([O-])Cc1ccc(Cl)cc1. The van der Waals surface area contributed by atoms with Crippen LogP contribution in [0.5, 0.6) is 0 Å². The summed E-state index contributed by atoms with van der Waals surface area (Å²) in [7, 11) is 0. The van der Waals surface area contributed by atoms with Crippen molar-refractivity contribution in [1.82, 2.24) is 10.2 Å². The molecular weight excluding hydrogens is 256 g/mol. The van der Waals surface area contributed by atoms with E-state index in [9.17, 15) is 4.55 Å². The minimum absolute atomic E-state index is 0.485. The third-order valence-corrected chi connectivity index (χ3v) is 4.40. The zero-order valence-corrected chi connectivity index (χ0v) is 11.2. The number of halogens is 1. The van der Waals surface area contributed by atoms with Crippen LogP contribution in [0.4, 0.5) is 0 Å². The van der Waals surface area contributed by atoms with Crippen LogP contribution in [0.2, 0.25) is 5.02 Å². The minimum Gasteiger partial charge on any atom is -0.611 e. The van der Waals surface area contributed by atoms with Gasteiger partial charge in [0.05, 0.1) is 5.69 Å². The number of benzene rings is 1. The van der Waals surface area contributed by atoms with Crippen LogP contribution in [0.3, 0.4) is 0 Å². The lowest BCUT2D eigenvalue weighted by Crippen LogP contribution is -2.07. The van der Waals surface area contributed by atoms with E-state index in [1.165, 1.54) is 0 Å². The van der Waals surface area contributed by atoms with Gasteiger partial charge in [-0.05, 0) is 37.2 Å². The van der Waals surface area contributed by atoms with Gasteiger partial charge in [-0.15, -0.1) is 0 Å². The smallest absolute Gasteiger partial charge is 0.196 e. The molecule has 0 aliphatic rings. The van der Waals surface area contributed by atoms with Crippen LogP contribution in [-0.2, 0) is 16.9 Å². The maximum absolute atomic E-state index is 12.2. The van der Waals surface area contributed by atoms with E-state index >= 15 is 0 Å². The summed E-state index contributed by atoms with van der Waals surface area (Å²) in [6, 6.07) is 7.41. The number of nitrogens with zero attached hydrogens (tertiary/aromatic N) is 1. The van der Waals surface area contributed by atoms with Crippen molar-refractivity contribution in [2.45, 2.75) is 24.5 Å². The number of hydrogen-bond donors (Lipinski definition) is 1. The lowest BCUT2D eigenvalue weighted by atomic mass is 10.2. The van der Waals surface area contributed by atoms with Crippen LogP contribution in [0, 0.1) is 13.8 Å². The largest absolute Gasteiger partial charge is 0.611 e. The standard InChI is InChI=1S/C12H13ClN2OS/c1-8-12(9(2)15-14-8)17(16)7-10-3-5-11(13)6-4-10/h3-6H,7H2,1-2H3,(H,14,15). The van der Waals surface area contributed by atoms with Crippen LogP contribution in [0.15, 0.2) is 29.2 Å². The molecule has 1 atom stereocenters. The van der Waals surface area contributed by atoms with Crippen LogP contribution in [0.25, 0.3) is 0 Å². The van der Waals surface area contributed by atoms with Crippen molar-refractivity contribution in [3.63, 3.8) is 0 Å². The average molecular weight is 269 g/mol. The molecule has 90 valence electrons. The average Bonchev–Trinajstić information content (AvgIpc) is 2.62. The van der Waals surface area contributed by atoms with E-state index in [-0.39, 0.29) is 0 Å². The van der Waals surface area contributed by atoms with Crippen LogP contribution < -0.4 is 0 Å². The maximum atomic E-state index is 12.2. The number of aryl methyl sites for hydroxylation is 2. The van der Waals surface area contributed by atoms with Gasteiger partial charge in [-0.1, -0.05) is 23.7 Å². The fraction of sp³-hybridized carbons (Fsp3) is 0.250. The second kappa shape index (κ2) is 5.12. The Hall–Kier alpha value is -0.970. The van der Waals surface area contributed by atoms with Gasteiger partial charge in [-0.25, -0.2) is 0 Å². The number of aromatic nitrogens is 2. The number of H-pyrrole nitrogens is 1. The first-order chi connectivity index (χ1) is 8.08. The number of nitrogens with one attached hydrogen (secondary N) is 1. The molecule has 1 aromatic carbocycles. The first-order valence-electron chi connectivity index (χ1n) is 5.22. The number of rotatable bonds is 3. The highest BCUT2D eigenvalue weighted by atomic mass is 35.5. The number of aromatic amines is 1. The first kappa shape index (κ1) is 12.5. The van der Waals surface area contributed by atoms with Crippen molar-refractivity contribution in [2.75, 3.05) is 0 Å². The van der Waals surface area contributed by atoms with E-state index in [0.29, 0.717) is 10.8 Å². The lowest BCUT2D eigenvalue weighted by Gasteiger charge is -2.10. The molecule has 5 heteroatoms. The van der Waals surface area contributed by atoms with E-state index < -0.39 is 11.2 Å². The summed E-state index contributed by atoms with van der Waals surface area (Å²) in [6.07, 6.45) is 0. The third-order valence-electron chi connectivity index (χ3n) is 2.50. The normalized spacial score (nSPS) is 12.7. The summed E-state index contributed by atoms with van der Waals surface area (Å²) in [5.74, 6) is 0.485. The van der Waals surface area contributed by atoms with Crippen molar-refractivity contribution < 1.29 is 4.55 Å². The molecule has 1 N–H and O–H groups in total. The molecule has 2 rings (SSSR count). The Labute approximate surface area is 108 Å². The molecule has 1 unspecified atom stereocenters. The van der Waals surface area contributed by atoms with Crippen molar-refractivity contribution in [3.05, 3.63) is 46.2 Å². The highest BCUT2D eigenvalue weighted by molar-refractivity contribution is 7.90. The molecule has 0 bridgehead atoms. The van der Waals surface area contributed by atoms with Gasteiger partial charge < -0.3 is 4.55 Å². The molecule has 0 fully saturated rings. The highest BCUT2D eigenvalue weighted by Crippen LogP contribution is 2.22. The van der Waals surface area contributed by atoms with Crippen molar-refractivity contribution in [1.29, 1.82) is 0 Å². The quantitative estimate of drug-likeness (QED) is 0.870. The summed E-state index contributed by atoms with van der Waals surface area (Å²) in [6.45, 7) is 3.74. The second-order valence-corrected chi connectivity index (χ2v) is 5.70. The Morgan fingerprint density at radius 2 is 1.94 bits per heavy atom. The Morgan fingerprint density at radius 1 is 1.29 bits per heavy atom. The predicted octanol–water partition coefficient (Wildman–Crippen LogP) is 2.99. The topological polar surface area (TPSA) is 51.7 Å². The van der Waals surface area contributed by atoms with Gasteiger partial charge in [0.15, 0.2) is 4.90 Å². The third kappa shape index (κ3) is 2.83. The van der Waals surface area contributed by atoms with E-state index in [4.69, 9.17) is 11.6 Å². The van der Waals surface area contributed by atoms with Crippen LogP contribution in [0.1, 0.15) is 17.0 Å². The number of hydrogen-bond acceptors (Lipinski definition) is 2. The maximum Gasteiger partial charge on any atom is 0.196 e. The van der Waals surface area contributed by atoms with Gasteiger partial charge in [0, 0.05) is 10.6 Å². The Balaban J connectivity index is 2.17. The molecule has 0 radical (unpaired) electrons. The molecule has 0 spiro atoms. The molecular formula is C12H13ClN2OS. The molecule has 0 aliphatic carbocycles. The molecule has 0 saturated heterocycles. The van der Waals surface area contributed by atoms with Crippen LogP contribution in [-0.4, -0.2) is 14.8 Å². The van der Waals surface area contributed by atoms with Crippen molar-refractivity contribution in [2.24, 2.45) is 0 Å². The van der Waals surface area contributed by atoms with E-state index in [1.807, 2.05) is 38.1 Å². The summed E-state index contributed by atoms with van der Waals surface area (Å²) >= 11 is 4.74. The lowest BCUT2D eigenvalue weighted by molar-refractivity contribution is 0.593. The first-order valence-corrected chi connectivity index (χ1v) is 6.92. The van der Waals surface area contributed by atoms with Crippen molar-refractivity contribution in [3.8, 4) is 0 Å². The monoisotopic (exact) mass is 268 g/mol. The molecule has 1 heterocycles. The van der Waals surface area contributed by atoms with Gasteiger partial charge in [-0.2, -0.15) is 5.10 Å². The zero-order valence-electron chi connectivity index (χ0n) is 9.66. The fourth-order valence-electron chi connectivity index (χ4n) is 1.68. The highest BCUT2D eigenvalue weighted by Gasteiger charge is 2.20. The van der Waals surface area contributed by atoms with Crippen molar-refractivity contribution >= 4 is 22.8 Å². The zero-order chi connectivity index (χ0) is 12.4. The summed E-state index contributed by atoms with van der Waals surface area (Å²) < 4.78 is 12.2. The van der Waals surface area contributed by atoms with Gasteiger partial charge in [0.1, 0.15) is 11.4 Å². The summed E-state index contributed by atoms with van der Waals surface area (Å²) in [5.41, 5.74) is 2.68. The molecule has 17 heavy (non-hydrogen) atoms. The Morgan fingerprint density at radius 3 is 2.47 bits per heavy atom.